The van der Waals surface area contributed by atoms with Gasteiger partial charge >= 0.3 is 5.97 Å². The minimum atomic E-state index is -3.75. The lowest BCUT2D eigenvalue weighted by Gasteiger charge is -2.09. The molecule has 0 spiro atoms. The van der Waals surface area contributed by atoms with Crippen molar-refractivity contribution in [2.45, 2.75) is 11.5 Å². The third-order valence-corrected chi connectivity index (χ3v) is 5.90. The lowest BCUT2D eigenvalue weighted by Crippen LogP contribution is -2.12. The zero-order chi connectivity index (χ0) is 23.0. The van der Waals surface area contributed by atoms with E-state index in [-0.39, 0.29) is 11.5 Å². The highest BCUT2D eigenvalue weighted by molar-refractivity contribution is 7.92. The Morgan fingerprint density at radius 2 is 1.59 bits per heavy atom. The molecule has 3 aromatic carbocycles. The summed E-state index contributed by atoms with van der Waals surface area (Å²) in [5.41, 5.74) is 1.84. The highest BCUT2D eigenvalue weighted by Gasteiger charge is 2.14. The van der Waals surface area contributed by atoms with E-state index in [1.54, 1.807) is 55.7 Å². The van der Waals surface area contributed by atoms with Crippen molar-refractivity contribution in [1.82, 2.24) is 0 Å². The van der Waals surface area contributed by atoms with Gasteiger partial charge in [0, 0.05) is 17.3 Å². The molecule has 0 atom stereocenters. The first-order chi connectivity index (χ1) is 15.4. The standard InChI is InChI=1S/C24H23NO6S/c1-29-21-12-10-20(11-13-21)25-32(27,28)22-14-7-18(8-15-22)9-16-24(26)31-17-19-5-3-4-6-23(19)30-2/h3-16,25H,17H2,1-2H3/b16-9+. The lowest BCUT2D eigenvalue weighted by molar-refractivity contribution is -0.138. The van der Waals surface area contributed by atoms with E-state index in [0.717, 1.165) is 5.56 Å². The van der Waals surface area contributed by atoms with Gasteiger partial charge in [-0.1, -0.05) is 30.3 Å². The minimum absolute atomic E-state index is 0.0847. The van der Waals surface area contributed by atoms with Crippen LogP contribution >= 0.6 is 0 Å². The molecule has 0 aliphatic rings. The Kier molecular flexibility index (Phi) is 7.51. The quantitative estimate of drug-likeness (QED) is 0.385. The maximum atomic E-state index is 12.6. The molecule has 0 saturated carbocycles. The summed E-state index contributed by atoms with van der Waals surface area (Å²) in [6.45, 7) is 0.0847. The molecule has 0 bridgehead atoms. The molecule has 166 valence electrons. The van der Waals surface area contributed by atoms with Gasteiger partial charge in [0.05, 0.1) is 19.1 Å². The average molecular weight is 454 g/mol. The van der Waals surface area contributed by atoms with Gasteiger partial charge in [-0.2, -0.15) is 0 Å². The van der Waals surface area contributed by atoms with Crippen molar-refractivity contribution in [2.75, 3.05) is 18.9 Å². The van der Waals surface area contributed by atoms with Crippen LogP contribution in [0.2, 0.25) is 0 Å². The number of carbonyl (C=O) groups is 1. The van der Waals surface area contributed by atoms with Gasteiger partial charge in [-0.3, -0.25) is 4.72 Å². The molecule has 0 heterocycles. The Labute approximate surface area is 187 Å². The first-order valence-corrected chi connectivity index (χ1v) is 11.1. The number of rotatable bonds is 9. The summed E-state index contributed by atoms with van der Waals surface area (Å²) in [6, 6.07) is 20.0. The fourth-order valence-corrected chi connectivity index (χ4v) is 3.87. The van der Waals surface area contributed by atoms with Crippen LogP contribution in [0.15, 0.2) is 83.8 Å². The Morgan fingerprint density at radius 1 is 0.906 bits per heavy atom. The van der Waals surface area contributed by atoms with E-state index in [1.165, 1.54) is 25.3 Å². The van der Waals surface area contributed by atoms with Crippen LogP contribution in [0.3, 0.4) is 0 Å². The average Bonchev–Trinajstić information content (AvgIpc) is 2.82. The number of para-hydroxylation sites is 1. The van der Waals surface area contributed by atoms with Crippen LogP contribution in [0.4, 0.5) is 5.69 Å². The molecule has 0 radical (unpaired) electrons. The summed E-state index contributed by atoms with van der Waals surface area (Å²) in [4.78, 5) is 12.1. The number of sulfonamides is 1. The first kappa shape index (κ1) is 22.9. The lowest BCUT2D eigenvalue weighted by atomic mass is 10.2. The summed E-state index contributed by atoms with van der Waals surface area (Å²) in [5.74, 6) is 0.753. The Balaban J connectivity index is 1.59. The van der Waals surface area contributed by atoms with E-state index in [2.05, 4.69) is 4.72 Å². The molecule has 0 aliphatic carbocycles. The second-order valence-electron chi connectivity index (χ2n) is 6.66. The van der Waals surface area contributed by atoms with Crippen LogP contribution in [-0.2, 0) is 26.2 Å². The highest BCUT2D eigenvalue weighted by Crippen LogP contribution is 2.20. The number of benzene rings is 3. The van der Waals surface area contributed by atoms with Crippen molar-refractivity contribution in [3.05, 3.63) is 90.0 Å². The largest absolute Gasteiger partial charge is 0.497 e. The molecule has 0 aliphatic heterocycles. The van der Waals surface area contributed by atoms with Crippen LogP contribution in [0.5, 0.6) is 11.5 Å². The zero-order valence-corrected chi connectivity index (χ0v) is 18.5. The molecule has 0 aromatic heterocycles. The SMILES string of the molecule is COc1ccc(NS(=O)(=O)c2ccc(/C=C/C(=O)OCc3ccccc3OC)cc2)cc1. The number of hydrogen-bond acceptors (Lipinski definition) is 6. The maximum absolute atomic E-state index is 12.6. The summed E-state index contributed by atoms with van der Waals surface area (Å²) in [6.07, 6.45) is 2.84. The third kappa shape index (κ3) is 6.12. The van der Waals surface area contributed by atoms with Crippen LogP contribution < -0.4 is 14.2 Å². The van der Waals surface area contributed by atoms with Crippen LogP contribution in [0.1, 0.15) is 11.1 Å². The van der Waals surface area contributed by atoms with Gasteiger partial charge in [-0.15, -0.1) is 0 Å². The number of methoxy groups -OCH3 is 2. The van der Waals surface area contributed by atoms with Gasteiger partial charge in [0.25, 0.3) is 10.0 Å². The highest BCUT2D eigenvalue weighted by atomic mass is 32.2. The Morgan fingerprint density at radius 3 is 2.25 bits per heavy atom. The normalized spacial score (nSPS) is 11.2. The third-order valence-electron chi connectivity index (χ3n) is 4.51. The fraction of sp³-hybridized carbons (Fsp3) is 0.125. The molecule has 7 nitrogen and oxygen atoms in total. The second kappa shape index (κ2) is 10.5. The molecule has 0 unspecified atom stereocenters. The number of esters is 1. The van der Waals surface area contributed by atoms with Crippen LogP contribution in [0.25, 0.3) is 6.08 Å². The number of nitrogens with one attached hydrogen (secondary N) is 1. The van der Waals surface area contributed by atoms with Crippen LogP contribution in [0, 0.1) is 0 Å². The Bertz CT molecular complexity index is 1190. The van der Waals surface area contributed by atoms with Gasteiger partial charge in [0.1, 0.15) is 18.1 Å². The van der Waals surface area contributed by atoms with Crippen molar-refractivity contribution in [2.24, 2.45) is 0 Å². The molecular formula is C24H23NO6S. The van der Waals surface area contributed by atoms with Crippen molar-refractivity contribution in [3.8, 4) is 11.5 Å². The molecule has 0 fully saturated rings. The molecule has 3 aromatic rings. The van der Waals surface area contributed by atoms with Crippen LogP contribution in [-0.4, -0.2) is 28.6 Å². The van der Waals surface area contributed by atoms with Gasteiger partial charge in [0.15, 0.2) is 0 Å². The molecular weight excluding hydrogens is 430 g/mol. The number of ether oxygens (including phenoxy) is 3. The molecule has 8 heteroatoms. The monoisotopic (exact) mass is 453 g/mol. The van der Waals surface area contributed by atoms with Gasteiger partial charge < -0.3 is 14.2 Å². The number of anilines is 1. The molecule has 3 rings (SSSR count). The second-order valence-corrected chi connectivity index (χ2v) is 8.34. The molecule has 1 N–H and O–H groups in total. The van der Waals surface area contributed by atoms with Crippen molar-refractivity contribution in [1.29, 1.82) is 0 Å². The van der Waals surface area contributed by atoms with Gasteiger partial charge in [0.2, 0.25) is 0 Å². The molecule has 0 amide bonds. The van der Waals surface area contributed by atoms with Crippen molar-refractivity contribution >= 4 is 27.8 Å². The number of carbonyl (C=O) groups excluding carboxylic acids is 1. The predicted octanol–water partition coefficient (Wildman–Crippen LogP) is 4.26. The van der Waals surface area contributed by atoms with E-state index >= 15 is 0 Å². The van der Waals surface area contributed by atoms with E-state index in [4.69, 9.17) is 14.2 Å². The minimum Gasteiger partial charge on any atom is -0.497 e. The molecule has 0 saturated heterocycles. The number of hydrogen-bond donors (Lipinski definition) is 1. The molecule has 32 heavy (non-hydrogen) atoms. The van der Waals surface area contributed by atoms with E-state index in [1.807, 2.05) is 18.2 Å². The Hall–Kier alpha value is -3.78. The van der Waals surface area contributed by atoms with Gasteiger partial charge in [-0.05, 0) is 54.1 Å². The smallest absolute Gasteiger partial charge is 0.331 e. The maximum Gasteiger partial charge on any atom is 0.331 e. The first-order valence-electron chi connectivity index (χ1n) is 9.65. The van der Waals surface area contributed by atoms with Crippen molar-refractivity contribution in [3.63, 3.8) is 0 Å². The van der Waals surface area contributed by atoms with E-state index in [0.29, 0.717) is 22.7 Å². The topological polar surface area (TPSA) is 90.9 Å². The van der Waals surface area contributed by atoms with Crippen molar-refractivity contribution < 1.29 is 27.4 Å². The predicted molar refractivity (Wildman–Crippen MR) is 122 cm³/mol. The fourth-order valence-electron chi connectivity index (χ4n) is 2.81. The summed E-state index contributed by atoms with van der Waals surface area (Å²) >= 11 is 0. The summed E-state index contributed by atoms with van der Waals surface area (Å²) in [7, 11) is -0.656. The summed E-state index contributed by atoms with van der Waals surface area (Å²) < 4.78 is 43.2. The zero-order valence-electron chi connectivity index (χ0n) is 17.6. The summed E-state index contributed by atoms with van der Waals surface area (Å²) in [5, 5.41) is 0. The van der Waals surface area contributed by atoms with E-state index < -0.39 is 16.0 Å². The van der Waals surface area contributed by atoms with E-state index in [9.17, 15) is 13.2 Å². The van der Waals surface area contributed by atoms with Gasteiger partial charge in [-0.25, -0.2) is 13.2 Å².